The predicted octanol–water partition coefficient (Wildman–Crippen LogP) is 5.99. The van der Waals surface area contributed by atoms with Crippen molar-refractivity contribution in [3.63, 3.8) is 0 Å². The van der Waals surface area contributed by atoms with E-state index in [-0.39, 0.29) is 49.6 Å². The SMILES string of the molecule is CC(C)C(NC(=O)CCCC(=O)OCC(OC(CO)CC(C)(C)C)OC(C)(C)C)C(=O)Oc1cccc(-c2nc(N3CCOCC3)c3oc4ncccc4c3n2)c1. The van der Waals surface area contributed by atoms with Gasteiger partial charge >= 0.3 is 11.9 Å². The number of esters is 2. The molecule has 3 unspecified atom stereocenters. The fourth-order valence-corrected chi connectivity index (χ4v) is 6.38. The molecule has 1 fully saturated rings. The Morgan fingerprint density at radius 3 is 2.44 bits per heavy atom. The van der Waals surface area contributed by atoms with Crippen LogP contribution in [0.15, 0.2) is 47.0 Å². The Kier molecular flexibility index (Phi) is 14.6. The molecular formula is C42H57N5O10. The third-order valence-electron chi connectivity index (χ3n) is 8.97. The van der Waals surface area contributed by atoms with Gasteiger partial charge in [-0.3, -0.25) is 9.59 Å². The van der Waals surface area contributed by atoms with E-state index in [0.717, 1.165) is 5.39 Å². The molecule has 1 aliphatic heterocycles. The Morgan fingerprint density at radius 1 is 1.00 bits per heavy atom. The first-order valence-electron chi connectivity index (χ1n) is 19.6. The fraction of sp³-hybridized carbons (Fsp3) is 0.571. The number of hydrogen-bond acceptors (Lipinski definition) is 14. The molecule has 3 aromatic heterocycles. The lowest BCUT2D eigenvalue weighted by Gasteiger charge is -2.32. The largest absolute Gasteiger partial charge is 0.460 e. The molecule has 310 valence electrons. The predicted molar refractivity (Wildman–Crippen MR) is 213 cm³/mol. The van der Waals surface area contributed by atoms with Crippen molar-refractivity contribution in [1.82, 2.24) is 20.3 Å². The van der Waals surface area contributed by atoms with Crippen LogP contribution in [0, 0.1) is 11.3 Å². The van der Waals surface area contributed by atoms with Crippen LogP contribution in [0.1, 0.15) is 81.1 Å². The zero-order valence-corrected chi connectivity index (χ0v) is 34.3. The molecule has 3 atom stereocenters. The molecule has 1 aliphatic rings. The number of carbonyl (C=O) groups is 3. The molecule has 57 heavy (non-hydrogen) atoms. The van der Waals surface area contributed by atoms with Crippen molar-refractivity contribution < 1.29 is 47.6 Å². The molecule has 1 saturated heterocycles. The third-order valence-corrected chi connectivity index (χ3v) is 8.97. The number of furan rings is 1. The normalized spacial score (nSPS) is 15.4. The van der Waals surface area contributed by atoms with Gasteiger partial charge in [-0.15, -0.1) is 0 Å². The number of anilines is 1. The minimum Gasteiger partial charge on any atom is -0.460 e. The molecule has 1 amide bonds. The monoisotopic (exact) mass is 791 g/mol. The second-order valence-electron chi connectivity index (χ2n) is 16.7. The number of aliphatic hydroxyl groups excluding tert-OH is 1. The summed E-state index contributed by atoms with van der Waals surface area (Å²) in [5, 5.41) is 13.4. The number of fused-ring (bicyclic) bond motifs is 3. The Morgan fingerprint density at radius 2 is 1.75 bits per heavy atom. The summed E-state index contributed by atoms with van der Waals surface area (Å²) in [5.74, 6) is -0.549. The van der Waals surface area contributed by atoms with Crippen LogP contribution in [0.2, 0.25) is 0 Å². The van der Waals surface area contributed by atoms with E-state index in [4.69, 9.17) is 38.1 Å². The van der Waals surface area contributed by atoms with Crippen LogP contribution in [-0.2, 0) is 33.3 Å². The lowest BCUT2D eigenvalue weighted by molar-refractivity contribution is -0.241. The van der Waals surface area contributed by atoms with Gasteiger partial charge < -0.3 is 43.4 Å². The molecule has 2 N–H and O–H groups in total. The average Bonchev–Trinajstić information content (AvgIpc) is 3.53. The van der Waals surface area contributed by atoms with Gasteiger partial charge in [-0.2, -0.15) is 0 Å². The zero-order chi connectivity index (χ0) is 41.3. The summed E-state index contributed by atoms with van der Waals surface area (Å²) >= 11 is 0. The van der Waals surface area contributed by atoms with Gasteiger partial charge in [0.1, 0.15) is 23.9 Å². The summed E-state index contributed by atoms with van der Waals surface area (Å²) in [6, 6.07) is 9.70. The number of carbonyl (C=O) groups excluding carboxylic acids is 3. The number of aliphatic hydroxyl groups is 1. The Bertz CT molecular complexity index is 1980. The summed E-state index contributed by atoms with van der Waals surface area (Å²) in [4.78, 5) is 55.3. The van der Waals surface area contributed by atoms with Gasteiger partial charge in [-0.1, -0.05) is 46.8 Å². The standard InChI is InChI=1S/C42H57N5O10/c1-26(2)34(44-31(49)15-10-16-32(50)53-25-33(57-42(6,7)8)54-29(24-48)23-41(3,4)5)40(51)55-28-13-9-12-27(22-28)37-45-35-30-14-11-17-43-39(30)56-36(35)38(46-37)47-18-20-52-21-19-47/h9,11-14,17,22,26,29,33-34,48H,10,15-16,18-21,23-25H2,1-8H3,(H,44,49). The Balaban J connectivity index is 1.18. The topological polar surface area (TPSA) is 185 Å². The number of rotatable bonds is 17. The molecule has 0 aliphatic carbocycles. The maximum absolute atomic E-state index is 13.5. The van der Waals surface area contributed by atoms with Gasteiger partial charge in [0.15, 0.2) is 23.5 Å². The highest BCUT2D eigenvalue weighted by Crippen LogP contribution is 2.35. The van der Waals surface area contributed by atoms with Crippen LogP contribution in [0.25, 0.3) is 33.6 Å². The maximum atomic E-state index is 13.5. The van der Waals surface area contributed by atoms with E-state index in [1.807, 2.05) is 59.7 Å². The van der Waals surface area contributed by atoms with E-state index in [2.05, 4.69) is 15.2 Å². The molecule has 4 aromatic rings. The van der Waals surface area contributed by atoms with Crippen molar-refractivity contribution in [1.29, 1.82) is 0 Å². The number of hydrogen-bond donors (Lipinski definition) is 2. The Labute approximate surface area is 333 Å². The number of nitrogens with zero attached hydrogens (tertiary/aromatic N) is 4. The second-order valence-corrected chi connectivity index (χ2v) is 16.7. The number of amides is 1. The zero-order valence-electron chi connectivity index (χ0n) is 34.3. The summed E-state index contributed by atoms with van der Waals surface area (Å²) in [5.41, 5.74) is 1.56. The number of nitrogens with one attached hydrogen (secondary N) is 1. The highest BCUT2D eigenvalue weighted by molar-refractivity contribution is 6.05. The molecule has 1 aromatic carbocycles. The van der Waals surface area contributed by atoms with Crippen molar-refractivity contribution in [3.8, 4) is 17.1 Å². The molecular weight excluding hydrogens is 734 g/mol. The molecule has 15 heteroatoms. The molecule has 0 radical (unpaired) electrons. The van der Waals surface area contributed by atoms with Crippen molar-refractivity contribution in [3.05, 3.63) is 42.6 Å². The summed E-state index contributed by atoms with van der Waals surface area (Å²) < 4.78 is 34.9. The van der Waals surface area contributed by atoms with Crippen LogP contribution < -0.4 is 15.0 Å². The first-order valence-corrected chi connectivity index (χ1v) is 19.6. The minimum atomic E-state index is -0.946. The summed E-state index contributed by atoms with van der Waals surface area (Å²) in [6.07, 6.45) is 1.02. The lowest BCUT2D eigenvalue weighted by atomic mass is 9.89. The van der Waals surface area contributed by atoms with E-state index in [1.165, 1.54) is 0 Å². The second kappa shape index (κ2) is 19.2. The van der Waals surface area contributed by atoms with Crippen LogP contribution in [0.3, 0.4) is 0 Å². The van der Waals surface area contributed by atoms with Crippen LogP contribution >= 0.6 is 0 Å². The molecule has 5 rings (SSSR count). The smallest absolute Gasteiger partial charge is 0.334 e. The Hall–Kier alpha value is -4.70. The highest BCUT2D eigenvalue weighted by Gasteiger charge is 2.29. The minimum absolute atomic E-state index is 0.0127. The molecule has 15 nitrogen and oxygen atoms in total. The number of morpholine rings is 1. The number of ether oxygens (including phenoxy) is 5. The van der Waals surface area contributed by atoms with Crippen molar-refractivity contribution in [2.45, 2.75) is 105 Å². The molecule has 0 saturated carbocycles. The van der Waals surface area contributed by atoms with Gasteiger partial charge in [0.2, 0.25) is 11.6 Å². The first kappa shape index (κ1) is 43.4. The van der Waals surface area contributed by atoms with Gasteiger partial charge in [0, 0.05) is 37.7 Å². The molecule has 0 spiro atoms. The third kappa shape index (κ3) is 12.6. The number of pyridine rings is 1. The summed E-state index contributed by atoms with van der Waals surface area (Å²) in [7, 11) is 0. The van der Waals surface area contributed by atoms with Crippen molar-refractivity contribution in [2.24, 2.45) is 11.3 Å². The quantitative estimate of drug-likeness (QED) is 0.0722. The summed E-state index contributed by atoms with van der Waals surface area (Å²) in [6.45, 7) is 17.3. The van der Waals surface area contributed by atoms with Crippen molar-refractivity contribution >= 4 is 45.9 Å². The van der Waals surface area contributed by atoms with Gasteiger partial charge in [-0.05, 0) is 69.2 Å². The first-order chi connectivity index (χ1) is 27.0. The van der Waals surface area contributed by atoms with Gasteiger partial charge in [0.25, 0.3) is 0 Å². The van der Waals surface area contributed by atoms with E-state index in [0.29, 0.717) is 66.7 Å². The van der Waals surface area contributed by atoms with E-state index in [9.17, 15) is 19.5 Å². The van der Waals surface area contributed by atoms with Crippen LogP contribution in [-0.4, -0.2) is 101 Å². The molecule has 0 bridgehead atoms. The van der Waals surface area contributed by atoms with E-state index >= 15 is 0 Å². The van der Waals surface area contributed by atoms with Crippen LogP contribution in [0.5, 0.6) is 5.75 Å². The van der Waals surface area contributed by atoms with E-state index in [1.54, 1.807) is 38.2 Å². The number of benzene rings is 1. The maximum Gasteiger partial charge on any atom is 0.334 e. The fourth-order valence-electron chi connectivity index (χ4n) is 6.38. The van der Waals surface area contributed by atoms with E-state index < -0.39 is 41.9 Å². The average molecular weight is 792 g/mol. The highest BCUT2D eigenvalue weighted by atomic mass is 16.7. The molecule has 4 heterocycles. The van der Waals surface area contributed by atoms with Gasteiger partial charge in [0.05, 0.1) is 36.9 Å². The number of aromatic nitrogens is 3. The lowest BCUT2D eigenvalue weighted by Crippen LogP contribution is -2.46. The van der Waals surface area contributed by atoms with Gasteiger partial charge in [-0.25, -0.2) is 19.7 Å². The van der Waals surface area contributed by atoms with Crippen LogP contribution in [0.4, 0.5) is 5.82 Å². The van der Waals surface area contributed by atoms with Crippen molar-refractivity contribution in [2.75, 3.05) is 44.4 Å².